The predicted octanol–water partition coefficient (Wildman–Crippen LogP) is 2.75. The summed E-state index contributed by atoms with van der Waals surface area (Å²) in [5.74, 6) is 0.986. The quantitative estimate of drug-likeness (QED) is 0.696. The highest BCUT2D eigenvalue weighted by Gasteiger charge is 2.14. The Morgan fingerprint density at radius 3 is 2.74 bits per heavy atom. The van der Waals surface area contributed by atoms with Crippen molar-refractivity contribution < 1.29 is 9.53 Å². The predicted molar refractivity (Wildman–Crippen MR) is 101 cm³/mol. The SMILES string of the molecule is Cc1ccc(C)c(C(C)NC(=O)Cn2nnc(COc3ccccc3)n2)c1. The van der Waals surface area contributed by atoms with Crippen LogP contribution in [0.5, 0.6) is 5.75 Å². The summed E-state index contributed by atoms with van der Waals surface area (Å²) in [7, 11) is 0. The maximum Gasteiger partial charge on any atom is 0.244 e. The summed E-state index contributed by atoms with van der Waals surface area (Å²) in [6.45, 7) is 6.25. The summed E-state index contributed by atoms with van der Waals surface area (Å²) >= 11 is 0. The lowest BCUT2D eigenvalue weighted by Crippen LogP contribution is -2.31. The van der Waals surface area contributed by atoms with Crippen molar-refractivity contribution in [2.24, 2.45) is 0 Å². The van der Waals surface area contributed by atoms with Crippen LogP contribution < -0.4 is 10.1 Å². The van der Waals surface area contributed by atoms with Gasteiger partial charge in [0.1, 0.15) is 12.3 Å². The lowest BCUT2D eigenvalue weighted by molar-refractivity contribution is -0.122. The minimum absolute atomic E-state index is 0.00748. The summed E-state index contributed by atoms with van der Waals surface area (Å²) < 4.78 is 5.58. The van der Waals surface area contributed by atoms with Gasteiger partial charge in [0, 0.05) is 0 Å². The van der Waals surface area contributed by atoms with Crippen molar-refractivity contribution in [2.45, 2.75) is 40.0 Å². The van der Waals surface area contributed by atoms with E-state index in [-0.39, 0.29) is 25.1 Å². The van der Waals surface area contributed by atoms with Crippen LogP contribution in [0.15, 0.2) is 48.5 Å². The molecule has 3 aromatic rings. The van der Waals surface area contributed by atoms with E-state index in [0.717, 1.165) is 22.4 Å². The van der Waals surface area contributed by atoms with Gasteiger partial charge in [-0.2, -0.15) is 4.80 Å². The zero-order valence-electron chi connectivity index (χ0n) is 15.7. The summed E-state index contributed by atoms with van der Waals surface area (Å²) in [6, 6.07) is 15.5. The van der Waals surface area contributed by atoms with Crippen molar-refractivity contribution in [1.82, 2.24) is 25.5 Å². The van der Waals surface area contributed by atoms with Gasteiger partial charge in [-0.1, -0.05) is 42.0 Å². The van der Waals surface area contributed by atoms with Crippen LogP contribution in [-0.2, 0) is 17.9 Å². The topological polar surface area (TPSA) is 81.9 Å². The fraction of sp³-hybridized carbons (Fsp3) is 0.300. The van der Waals surface area contributed by atoms with Gasteiger partial charge in [-0.25, -0.2) is 0 Å². The minimum atomic E-state index is -0.170. The van der Waals surface area contributed by atoms with Gasteiger partial charge in [0.2, 0.25) is 11.7 Å². The average Bonchev–Trinajstić information content (AvgIpc) is 3.10. The molecule has 0 aliphatic heterocycles. The third-order valence-electron chi connectivity index (χ3n) is 4.17. The van der Waals surface area contributed by atoms with E-state index in [2.05, 4.69) is 38.9 Å². The molecule has 1 amide bonds. The minimum Gasteiger partial charge on any atom is -0.485 e. The van der Waals surface area contributed by atoms with Crippen molar-refractivity contribution in [1.29, 1.82) is 0 Å². The third-order valence-corrected chi connectivity index (χ3v) is 4.17. The second kappa shape index (κ2) is 8.44. The lowest BCUT2D eigenvalue weighted by Gasteiger charge is -2.17. The molecule has 0 fully saturated rings. The number of para-hydroxylation sites is 1. The Morgan fingerprint density at radius 1 is 1.19 bits per heavy atom. The summed E-state index contributed by atoms with van der Waals surface area (Å²) in [5, 5.41) is 15.0. The van der Waals surface area contributed by atoms with Crippen LogP contribution in [0.1, 0.15) is 35.5 Å². The molecule has 3 rings (SSSR count). The fourth-order valence-electron chi connectivity index (χ4n) is 2.79. The van der Waals surface area contributed by atoms with Crippen LogP contribution in [-0.4, -0.2) is 26.1 Å². The second-order valence-electron chi connectivity index (χ2n) is 6.49. The van der Waals surface area contributed by atoms with Crippen LogP contribution in [0.25, 0.3) is 0 Å². The van der Waals surface area contributed by atoms with Crippen molar-refractivity contribution in [3.8, 4) is 5.75 Å². The Bertz CT molecular complexity index is 908. The number of carbonyl (C=O) groups is 1. The molecule has 1 N–H and O–H groups in total. The lowest BCUT2D eigenvalue weighted by atomic mass is 10.00. The highest BCUT2D eigenvalue weighted by atomic mass is 16.5. The highest BCUT2D eigenvalue weighted by molar-refractivity contribution is 5.76. The Morgan fingerprint density at radius 2 is 1.96 bits per heavy atom. The van der Waals surface area contributed by atoms with Crippen LogP contribution in [0.2, 0.25) is 0 Å². The molecule has 0 radical (unpaired) electrons. The number of ether oxygens (including phenoxy) is 1. The number of rotatable bonds is 7. The monoisotopic (exact) mass is 365 g/mol. The van der Waals surface area contributed by atoms with Gasteiger partial charge in [-0.05, 0) is 49.2 Å². The van der Waals surface area contributed by atoms with Gasteiger partial charge in [-0.3, -0.25) is 4.79 Å². The van der Waals surface area contributed by atoms with Gasteiger partial charge >= 0.3 is 0 Å². The number of amides is 1. The average molecular weight is 365 g/mol. The number of hydrogen-bond donors (Lipinski definition) is 1. The van der Waals surface area contributed by atoms with E-state index >= 15 is 0 Å². The molecule has 2 aromatic carbocycles. The molecule has 27 heavy (non-hydrogen) atoms. The van der Waals surface area contributed by atoms with E-state index < -0.39 is 0 Å². The molecule has 1 aromatic heterocycles. The Hall–Kier alpha value is -3.22. The molecule has 0 aliphatic rings. The van der Waals surface area contributed by atoms with Crippen molar-refractivity contribution in [3.63, 3.8) is 0 Å². The number of aryl methyl sites for hydroxylation is 2. The maximum absolute atomic E-state index is 12.3. The highest BCUT2D eigenvalue weighted by Crippen LogP contribution is 2.18. The van der Waals surface area contributed by atoms with Crippen molar-refractivity contribution in [3.05, 3.63) is 71.0 Å². The smallest absolute Gasteiger partial charge is 0.244 e. The van der Waals surface area contributed by atoms with Crippen LogP contribution in [0.4, 0.5) is 0 Å². The molecule has 0 saturated carbocycles. The normalized spacial score (nSPS) is 11.8. The number of aromatic nitrogens is 4. The molecule has 1 atom stereocenters. The fourth-order valence-corrected chi connectivity index (χ4v) is 2.79. The van der Waals surface area contributed by atoms with E-state index in [0.29, 0.717) is 5.82 Å². The zero-order valence-corrected chi connectivity index (χ0v) is 15.7. The zero-order chi connectivity index (χ0) is 19.2. The Labute approximate surface area is 158 Å². The van der Waals surface area contributed by atoms with Gasteiger partial charge < -0.3 is 10.1 Å². The van der Waals surface area contributed by atoms with E-state index in [1.807, 2.05) is 51.1 Å². The Balaban J connectivity index is 1.53. The van der Waals surface area contributed by atoms with Gasteiger partial charge in [0.05, 0.1) is 6.04 Å². The van der Waals surface area contributed by atoms with Crippen molar-refractivity contribution in [2.75, 3.05) is 0 Å². The van der Waals surface area contributed by atoms with Crippen LogP contribution in [0.3, 0.4) is 0 Å². The molecule has 1 heterocycles. The van der Waals surface area contributed by atoms with E-state index in [4.69, 9.17) is 4.74 Å². The van der Waals surface area contributed by atoms with E-state index in [1.54, 1.807) is 0 Å². The third kappa shape index (κ3) is 5.13. The molecule has 0 spiro atoms. The molecular formula is C20H23N5O2. The molecule has 0 saturated heterocycles. The van der Waals surface area contributed by atoms with Crippen molar-refractivity contribution >= 4 is 5.91 Å². The number of hydrogen-bond acceptors (Lipinski definition) is 5. The molecule has 0 aliphatic carbocycles. The number of carbonyl (C=O) groups excluding carboxylic acids is 1. The van der Waals surface area contributed by atoms with Crippen LogP contribution >= 0.6 is 0 Å². The summed E-state index contributed by atoms with van der Waals surface area (Å²) in [4.78, 5) is 13.6. The first-order valence-electron chi connectivity index (χ1n) is 8.82. The second-order valence-corrected chi connectivity index (χ2v) is 6.49. The maximum atomic E-state index is 12.3. The number of nitrogens with one attached hydrogen (secondary N) is 1. The first-order valence-corrected chi connectivity index (χ1v) is 8.82. The molecular weight excluding hydrogens is 342 g/mol. The van der Waals surface area contributed by atoms with Gasteiger partial charge in [0.15, 0.2) is 6.61 Å². The van der Waals surface area contributed by atoms with E-state index in [9.17, 15) is 4.79 Å². The molecule has 0 bridgehead atoms. The largest absolute Gasteiger partial charge is 0.485 e. The standard InChI is InChI=1S/C20H23N5O2/c1-14-9-10-15(2)18(11-14)16(3)21-20(26)12-25-23-19(22-24-25)13-27-17-7-5-4-6-8-17/h4-11,16H,12-13H2,1-3H3,(H,21,26). The summed E-state index contributed by atoms with van der Waals surface area (Å²) in [5.41, 5.74) is 3.41. The molecule has 140 valence electrons. The number of benzene rings is 2. The molecule has 1 unspecified atom stereocenters. The molecule has 7 nitrogen and oxygen atoms in total. The Kier molecular flexibility index (Phi) is 5.80. The first kappa shape index (κ1) is 18.6. The first-order chi connectivity index (χ1) is 13.0. The molecule has 7 heteroatoms. The number of tetrazole rings is 1. The van der Waals surface area contributed by atoms with Crippen LogP contribution in [0, 0.1) is 13.8 Å². The van der Waals surface area contributed by atoms with E-state index in [1.165, 1.54) is 4.80 Å². The van der Waals surface area contributed by atoms with Gasteiger partial charge in [0.25, 0.3) is 0 Å². The van der Waals surface area contributed by atoms with Gasteiger partial charge in [-0.15, -0.1) is 10.2 Å². The number of nitrogens with zero attached hydrogens (tertiary/aromatic N) is 4. The summed E-state index contributed by atoms with van der Waals surface area (Å²) in [6.07, 6.45) is 0.